The summed E-state index contributed by atoms with van der Waals surface area (Å²) in [5, 5.41) is 0.832. The monoisotopic (exact) mass is 240 g/mol. The van der Waals surface area contributed by atoms with Crippen LogP contribution in [0.1, 0.15) is 0 Å². The van der Waals surface area contributed by atoms with Crippen molar-refractivity contribution in [2.24, 2.45) is 0 Å². The maximum Gasteiger partial charge on any atom is 0.240 e. The number of halogens is 2. The lowest BCUT2D eigenvalue weighted by Gasteiger charge is -2.05. The lowest BCUT2D eigenvalue weighted by atomic mass is 10.4. The quantitative estimate of drug-likeness (QED) is 0.805. The number of ether oxygens (including phenoxy) is 1. The summed E-state index contributed by atoms with van der Waals surface area (Å²) < 4.78 is 5.35. The van der Waals surface area contributed by atoms with Crippen LogP contribution in [0, 0.1) is 0 Å². The second kappa shape index (κ2) is 4.47. The van der Waals surface area contributed by atoms with Gasteiger partial charge in [-0.25, -0.2) is 9.97 Å². The Labute approximate surface area is 96.6 Å². The van der Waals surface area contributed by atoms with Gasteiger partial charge in [0.05, 0.1) is 0 Å². The Kier molecular flexibility index (Phi) is 3.04. The fourth-order valence-electron chi connectivity index (χ4n) is 0.984. The van der Waals surface area contributed by atoms with E-state index in [9.17, 15) is 0 Å². The molecule has 0 aliphatic heterocycles. The topological polar surface area (TPSA) is 35.0 Å². The Balaban J connectivity index is 2.30. The van der Waals surface area contributed by atoms with Crippen molar-refractivity contribution in [3.8, 4) is 11.8 Å². The van der Waals surface area contributed by atoms with E-state index in [2.05, 4.69) is 9.97 Å². The summed E-state index contributed by atoms with van der Waals surface area (Å²) in [5.41, 5.74) is 0. The van der Waals surface area contributed by atoms with E-state index in [-0.39, 0.29) is 0 Å². The summed E-state index contributed by atoms with van der Waals surface area (Å²) in [6.07, 6.45) is 3.16. The van der Waals surface area contributed by atoms with Gasteiger partial charge in [-0.1, -0.05) is 23.2 Å². The molecule has 0 aliphatic rings. The van der Waals surface area contributed by atoms with Gasteiger partial charge in [0.2, 0.25) is 11.8 Å². The number of hydrogen-bond acceptors (Lipinski definition) is 3. The van der Waals surface area contributed by atoms with Crippen LogP contribution in [0.4, 0.5) is 0 Å². The normalized spacial score (nSPS) is 10.0. The predicted octanol–water partition coefficient (Wildman–Crippen LogP) is 3.58. The van der Waals surface area contributed by atoms with Crippen LogP contribution in [0.25, 0.3) is 0 Å². The van der Waals surface area contributed by atoms with Gasteiger partial charge in [0.1, 0.15) is 10.0 Å². The fraction of sp³-hybridized carbons (Fsp3) is 0. The average molecular weight is 241 g/mol. The first-order valence-corrected chi connectivity index (χ1v) is 4.92. The smallest absolute Gasteiger partial charge is 0.240 e. The lowest BCUT2D eigenvalue weighted by molar-refractivity contribution is 0.445. The van der Waals surface area contributed by atoms with Crippen molar-refractivity contribution in [2.45, 2.75) is 0 Å². The minimum atomic E-state index is 0.291. The molecule has 0 saturated heterocycles. The van der Waals surface area contributed by atoms with Crippen molar-refractivity contribution in [2.75, 3.05) is 0 Å². The summed E-state index contributed by atoms with van der Waals surface area (Å²) in [7, 11) is 0. The van der Waals surface area contributed by atoms with Crippen molar-refractivity contribution in [1.82, 2.24) is 9.97 Å². The van der Waals surface area contributed by atoms with Crippen molar-refractivity contribution in [1.29, 1.82) is 0 Å². The van der Waals surface area contributed by atoms with Gasteiger partial charge in [-0.05, 0) is 24.3 Å². The van der Waals surface area contributed by atoms with Crippen molar-refractivity contribution in [3.63, 3.8) is 0 Å². The molecule has 0 N–H and O–H groups in total. The zero-order chi connectivity index (χ0) is 10.7. The van der Waals surface area contributed by atoms with E-state index in [0.29, 0.717) is 21.8 Å². The zero-order valence-electron chi connectivity index (χ0n) is 7.52. The van der Waals surface area contributed by atoms with Gasteiger partial charge in [0.15, 0.2) is 0 Å². The molecular weight excluding hydrogens is 235 g/mol. The molecule has 15 heavy (non-hydrogen) atoms. The number of rotatable bonds is 2. The molecule has 3 nitrogen and oxygen atoms in total. The SMILES string of the molecule is Clc1cccnc1Oc1ncccc1Cl. The van der Waals surface area contributed by atoms with Gasteiger partial charge in [0, 0.05) is 12.4 Å². The summed E-state index contributed by atoms with van der Waals surface area (Å²) in [6.45, 7) is 0. The molecule has 0 saturated carbocycles. The molecule has 0 fully saturated rings. The number of pyridine rings is 2. The highest BCUT2D eigenvalue weighted by molar-refractivity contribution is 6.32. The van der Waals surface area contributed by atoms with E-state index >= 15 is 0 Å². The summed E-state index contributed by atoms with van der Waals surface area (Å²) in [4.78, 5) is 7.92. The van der Waals surface area contributed by atoms with E-state index in [1.807, 2.05) is 0 Å². The molecule has 2 aromatic heterocycles. The van der Waals surface area contributed by atoms with E-state index in [0.717, 1.165) is 0 Å². The largest absolute Gasteiger partial charge is 0.417 e. The van der Waals surface area contributed by atoms with Gasteiger partial charge >= 0.3 is 0 Å². The summed E-state index contributed by atoms with van der Waals surface area (Å²) in [6, 6.07) is 6.80. The molecule has 2 rings (SSSR count). The van der Waals surface area contributed by atoms with E-state index in [1.165, 1.54) is 0 Å². The molecule has 2 heterocycles. The fourth-order valence-corrected chi connectivity index (χ4v) is 1.30. The molecule has 76 valence electrons. The van der Waals surface area contributed by atoms with E-state index in [4.69, 9.17) is 27.9 Å². The van der Waals surface area contributed by atoms with Gasteiger partial charge in [-0.15, -0.1) is 0 Å². The third kappa shape index (κ3) is 2.37. The Morgan fingerprint density at radius 2 is 1.33 bits per heavy atom. The van der Waals surface area contributed by atoms with Crippen molar-refractivity contribution in [3.05, 3.63) is 46.7 Å². The van der Waals surface area contributed by atoms with Crippen LogP contribution in [0.15, 0.2) is 36.7 Å². The summed E-state index contributed by atoms with van der Waals surface area (Å²) in [5.74, 6) is 0.583. The second-order valence-electron chi connectivity index (χ2n) is 2.68. The molecule has 0 bridgehead atoms. The van der Waals surface area contributed by atoms with Crippen LogP contribution < -0.4 is 4.74 Å². The van der Waals surface area contributed by atoms with Crippen LogP contribution >= 0.6 is 23.2 Å². The van der Waals surface area contributed by atoms with Crippen molar-refractivity contribution < 1.29 is 4.74 Å². The third-order valence-electron chi connectivity index (χ3n) is 1.64. The van der Waals surface area contributed by atoms with E-state index < -0.39 is 0 Å². The Morgan fingerprint density at radius 1 is 0.867 bits per heavy atom. The zero-order valence-corrected chi connectivity index (χ0v) is 9.03. The molecule has 0 spiro atoms. The minimum absolute atomic E-state index is 0.291. The third-order valence-corrected chi connectivity index (χ3v) is 2.22. The van der Waals surface area contributed by atoms with Crippen LogP contribution in [0.3, 0.4) is 0 Å². The first-order valence-electron chi connectivity index (χ1n) is 4.16. The van der Waals surface area contributed by atoms with Gasteiger partial charge < -0.3 is 4.74 Å². The van der Waals surface area contributed by atoms with Gasteiger partial charge in [0.25, 0.3) is 0 Å². The lowest BCUT2D eigenvalue weighted by Crippen LogP contribution is -1.91. The predicted molar refractivity (Wildman–Crippen MR) is 58.6 cm³/mol. The first-order chi connectivity index (χ1) is 7.27. The highest BCUT2D eigenvalue weighted by atomic mass is 35.5. The summed E-state index contributed by atoms with van der Waals surface area (Å²) >= 11 is 11.7. The number of nitrogens with zero attached hydrogens (tertiary/aromatic N) is 2. The molecule has 0 aliphatic carbocycles. The molecule has 0 amide bonds. The molecule has 0 atom stereocenters. The highest BCUT2D eigenvalue weighted by Crippen LogP contribution is 2.29. The van der Waals surface area contributed by atoms with Gasteiger partial charge in [-0.3, -0.25) is 0 Å². The molecule has 2 aromatic rings. The molecule has 5 heteroatoms. The maximum atomic E-state index is 5.87. The van der Waals surface area contributed by atoms with E-state index in [1.54, 1.807) is 36.7 Å². The maximum absolute atomic E-state index is 5.87. The number of hydrogen-bond donors (Lipinski definition) is 0. The second-order valence-corrected chi connectivity index (χ2v) is 3.50. The molecule has 0 aromatic carbocycles. The Morgan fingerprint density at radius 3 is 1.73 bits per heavy atom. The van der Waals surface area contributed by atoms with Gasteiger partial charge in [-0.2, -0.15) is 0 Å². The molecular formula is C10H6Cl2N2O. The number of aromatic nitrogens is 2. The van der Waals surface area contributed by atoms with Crippen LogP contribution in [-0.2, 0) is 0 Å². The minimum Gasteiger partial charge on any atom is -0.417 e. The molecule has 0 unspecified atom stereocenters. The first kappa shape index (κ1) is 10.2. The standard InChI is InChI=1S/C10H6Cl2N2O/c11-7-3-1-5-13-9(7)15-10-8(12)4-2-6-14-10/h1-6H. The Bertz CT molecular complexity index is 433. The average Bonchev–Trinajstić information content (AvgIpc) is 2.24. The van der Waals surface area contributed by atoms with Crippen molar-refractivity contribution >= 4 is 23.2 Å². The van der Waals surface area contributed by atoms with Crippen LogP contribution in [0.5, 0.6) is 11.8 Å². The van der Waals surface area contributed by atoms with Crippen LogP contribution in [-0.4, -0.2) is 9.97 Å². The van der Waals surface area contributed by atoms with Crippen LogP contribution in [0.2, 0.25) is 10.0 Å². The Hall–Kier alpha value is -1.32. The molecule has 0 radical (unpaired) electrons. The highest BCUT2D eigenvalue weighted by Gasteiger charge is 2.07.